The highest BCUT2D eigenvalue weighted by Gasteiger charge is 2.44. The van der Waals surface area contributed by atoms with E-state index in [0.29, 0.717) is 43.8 Å². The van der Waals surface area contributed by atoms with Crippen molar-refractivity contribution in [3.8, 4) is 11.3 Å². The van der Waals surface area contributed by atoms with Crippen molar-refractivity contribution in [2.24, 2.45) is 5.41 Å². The van der Waals surface area contributed by atoms with Gasteiger partial charge in [0.2, 0.25) is 5.91 Å². The van der Waals surface area contributed by atoms with Crippen molar-refractivity contribution >= 4 is 11.8 Å². The standard InChI is InChI=1S/C26H29N3O3/c1-3-27-25(31)26(14-7-15-29(18-26)24(30)21-8-5-4-6-9-21)17-22-16-23(28-32-22)20-12-10-19(2)11-13-20/h4-6,8-13,16H,3,7,14-15,17-18H2,1-2H3,(H,27,31)/t26-/m0/s1. The Kier molecular flexibility index (Phi) is 6.40. The summed E-state index contributed by atoms with van der Waals surface area (Å²) in [5.41, 5.74) is 2.79. The molecule has 1 aromatic heterocycles. The van der Waals surface area contributed by atoms with E-state index < -0.39 is 5.41 Å². The quantitative estimate of drug-likeness (QED) is 0.633. The molecule has 1 aliphatic rings. The fraction of sp³-hybridized carbons (Fsp3) is 0.346. The zero-order chi connectivity index (χ0) is 22.6. The van der Waals surface area contributed by atoms with Crippen molar-refractivity contribution in [3.05, 3.63) is 77.6 Å². The molecule has 2 amide bonds. The zero-order valence-corrected chi connectivity index (χ0v) is 18.6. The van der Waals surface area contributed by atoms with E-state index in [4.69, 9.17) is 4.52 Å². The first-order valence-electron chi connectivity index (χ1n) is 11.2. The fourth-order valence-corrected chi connectivity index (χ4v) is 4.42. The van der Waals surface area contributed by atoms with Crippen molar-refractivity contribution in [2.75, 3.05) is 19.6 Å². The molecule has 1 fully saturated rings. The largest absolute Gasteiger partial charge is 0.361 e. The molecule has 1 aliphatic heterocycles. The van der Waals surface area contributed by atoms with Gasteiger partial charge in [0, 0.05) is 43.2 Å². The maximum atomic E-state index is 13.2. The highest BCUT2D eigenvalue weighted by Crippen LogP contribution is 2.36. The van der Waals surface area contributed by atoms with Crippen LogP contribution in [0.15, 0.2) is 65.2 Å². The van der Waals surface area contributed by atoms with Crippen LogP contribution < -0.4 is 5.32 Å². The molecule has 0 unspecified atom stereocenters. The van der Waals surface area contributed by atoms with Crippen molar-refractivity contribution in [1.29, 1.82) is 0 Å². The normalized spacial score (nSPS) is 18.4. The van der Waals surface area contributed by atoms with E-state index in [1.807, 2.05) is 74.5 Å². The van der Waals surface area contributed by atoms with Crippen LogP contribution in [0.3, 0.4) is 0 Å². The van der Waals surface area contributed by atoms with Gasteiger partial charge >= 0.3 is 0 Å². The molecular formula is C26H29N3O3. The molecule has 6 nitrogen and oxygen atoms in total. The van der Waals surface area contributed by atoms with Gasteiger partial charge < -0.3 is 14.7 Å². The molecule has 2 heterocycles. The van der Waals surface area contributed by atoms with Gasteiger partial charge in [-0.2, -0.15) is 0 Å². The molecule has 2 aromatic carbocycles. The van der Waals surface area contributed by atoms with Crippen LogP contribution in [-0.4, -0.2) is 41.5 Å². The molecular weight excluding hydrogens is 402 g/mol. The summed E-state index contributed by atoms with van der Waals surface area (Å²) in [6, 6.07) is 19.2. The Bertz CT molecular complexity index is 1080. The third kappa shape index (κ3) is 4.59. The maximum absolute atomic E-state index is 13.2. The predicted molar refractivity (Wildman–Crippen MR) is 123 cm³/mol. The van der Waals surface area contributed by atoms with Gasteiger partial charge in [-0.05, 0) is 38.8 Å². The van der Waals surface area contributed by atoms with E-state index in [0.717, 1.165) is 17.7 Å². The Labute approximate surface area is 188 Å². The van der Waals surface area contributed by atoms with Crippen LogP contribution in [0.4, 0.5) is 0 Å². The number of aryl methyl sites for hydroxylation is 1. The van der Waals surface area contributed by atoms with Crippen LogP contribution in [-0.2, 0) is 11.2 Å². The second-order valence-electron chi connectivity index (χ2n) is 8.56. The number of likely N-dealkylation sites (tertiary alicyclic amines) is 1. The number of amides is 2. The Morgan fingerprint density at radius 3 is 2.59 bits per heavy atom. The number of hydrogen-bond donors (Lipinski definition) is 1. The van der Waals surface area contributed by atoms with E-state index in [2.05, 4.69) is 10.5 Å². The van der Waals surface area contributed by atoms with Gasteiger partial charge in [-0.25, -0.2) is 0 Å². The van der Waals surface area contributed by atoms with Gasteiger partial charge in [0.25, 0.3) is 5.91 Å². The number of rotatable bonds is 6. The Morgan fingerprint density at radius 1 is 1.12 bits per heavy atom. The van der Waals surface area contributed by atoms with Crippen molar-refractivity contribution in [1.82, 2.24) is 15.4 Å². The molecule has 0 saturated carbocycles. The predicted octanol–water partition coefficient (Wildman–Crippen LogP) is 4.25. The summed E-state index contributed by atoms with van der Waals surface area (Å²) in [6.07, 6.45) is 1.85. The van der Waals surface area contributed by atoms with Gasteiger partial charge in [0.15, 0.2) is 0 Å². The summed E-state index contributed by atoms with van der Waals surface area (Å²) in [7, 11) is 0. The zero-order valence-electron chi connectivity index (χ0n) is 18.6. The second-order valence-corrected chi connectivity index (χ2v) is 8.56. The lowest BCUT2D eigenvalue weighted by molar-refractivity contribution is -0.133. The van der Waals surface area contributed by atoms with E-state index >= 15 is 0 Å². The van der Waals surface area contributed by atoms with Crippen molar-refractivity contribution in [3.63, 3.8) is 0 Å². The monoisotopic (exact) mass is 431 g/mol. The minimum atomic E-state index is -0.747. The topological polar surface area (TPSA) is 75.4 Å². The number of piperidine rings is 1. The number of hydrogen-bond acceptors (Lipinski definition) is 4. The first-order chi connectivity index (χ1) is 15.5. The molecule has 1 saturated heterocycles. The maximum Gasteiger partial charge on any atom is 0.253 e. The average Bonchev–Trinajstić information content (AvgIpc) is 3.28. The van der Waals surface area contributed by atoms with Crippen LogP contribution >= 0.6 is 0 Å². The third-order valence-corrected chi connectivity index (χ3v) is 6.12. The minimum absolute atomic E-state index is 0.0427. The average molecular weight is 432 g/mol. The van der Waals surface area contributed by atoms with Crippen LogP contribution in [0.5, 0.6) is 0 Å². The number of carbonyl (C=O) groups is 2. The Balaban J connectivity index is 1.59. The SMILES string of the molecule is CCNC(=O)[C@]1(Cc2cc(-c3ccc(C)cc3)no2)CCCN(C(=O)c2ccccc2)C1. The van der Waals surface area contributed by atoms with Crippen molar-refractivity contribution < 1.29 is 14.1 Å². The second kappa shape index (κ2) is 9.39. The van der Waals surface area contributed by atoms with Gasteiger partial charge in [0.1, 0.15) is 11.5 Å². The molecule has 3 aromatic rings. The highest BCUT2D eigenvalue weighted by atomic mass is 16.5. The van der Waals surface area contributed by atoms with E-state index in [9.17, 15) is 9.59 Å². The molecule has 0 spiro atoms. The first-order valence-corrected chi connectivity index (χ1v) is 11.2. The Hall–Kier alpha value is -3.41. The van der Waals surface area contributed by atoms with Gasteiger partial charge in [-0.3, -0.25) is 9.59 Å². The molecule has 0 bridgehead atoms. The van der Waals surface area contributed by atoms with E-state index in [-0.39, 0.29) is 11.8 Å². The van der Waals surface area contributed by atoms with E-state index in [1.165, 1.54) is 5.56 Å². The number of carbonyl (C=O) groups excluding carboxylic acids is 2. The molecule has 166 valence electrons. The Morgan fingerprint density at radius 2 is 1.88 bits per heavy atom. The number of nitrogens with one attached hydrogen (secondary N) is 1. The number of aromatic nitrogens is 1. The molecule has 1 N–H and O–H groups in total. The van der Waals surface area contributed by atoms with Crippen LogP contribution in [0.25, 0.3) is 11.3 Å². The van der Waals surface area contributed by atoms with Crippen LogP contribution in [0, 0.1) is 12.3 Å². The molecule has 32 heavy (non-hydrogen) atoms. The summed E-state index contributed by atoms with van der Waals surface area (Å²) in [5, 5.41) is 7.21. The number of benzene rings is 2. The number of nitrogens with zero attached hydrogens (tertiary/aromatic N) is 2. The van der Waals surface area contributed by atoms with E-state index in [1.54, 1.807) is 4.90 Å². The summed E-state index contributed by atoms with van der Waals surface area (Å²) >= 11 is 0. The molecule has 0 radical (unpaired) electrons. The minimum Gasteiger partial charge on any atom is -0.361 e. The smallest absolute Gasteiger partial charge is 0.253 e. The lowest BCUT2D eigenvalue weighted by Crippen LogP contribution is -2.54. The lowest BCUT2D eigenvalue weighted by atomic mass is 9.75. The van der Waals surface area contributed by atoms with Crippen LogP contribution in [0.1, 0.15) is 41.4 Å². The summed E-state index contributed by atoms with van der Waals surface area (Å²) < 4.78 is 5.65. The molecule has 4 rings (SSSR count). The summed E-state index contributed by atoms with van der Waals surface area (Å²) in [5.74, 6) is 0.566. The molecule has 6 heteroatoms. The molecule has 1 atom stereocenters. The fourth-order valence-electron chi connectivity index (χ4n) is 4.42. The summed E-state index contributed by atoms with van der Waals surface area (Å²) in [4.78, 5) is 28.1. The van der Waals surface area contributed by atoms with Gasteiger partial charge in [0.05, 0.1) is 5.41 Å². The summed E-state index contributed by atoms with van der Waals surface area (Å²) in [6.45, 7) is 5.48. The first kappa shape index (κ1) is 21.8. The van der Waals surface area contributed by atoms with Crippen molar-refractivity contribution in [2.45, 2.75) is 33.1 Å². The highest BCUT2D eigenvalue weighted by molar-refractivity contribution is 5.95. The van der Waals surface area contributed by atoms with Gasteiger partial charge in [-0.15, -0.1) is 0 Å². The molecule has 0 aliphatic carbocycles. The lowest BCUT2D eigenvalue weighted by Gasteiger charge is -2.41. The van der Waals surface area contributed by atoms with Crippen LogP contribution in [0.2, 0.25) is 0 Å². The third-order valence-electron chi connectivity index (χ3n) is 6.12. The van der Waals surface area contributed by atoms with Gasteiger partial charge in [-0.1, -0.05) is 53.2 Å².